The zero-order chi connectivity index (χ0) is 18.9. The molecule has 1 saturated heterocycles. The van der Waals surface area contributed by atoms with Crippen LogP contribution in [0, 0.1) is 13.8 Å². The van der Waals surface area contributed by atoms with E-state index in [1.807, 2.05) is 6.92 Å². The molecule has 0 saturated carbocycles. The molecule has 1 aromatic heterocycles. The number of carbonyl (C=O) groups is 1. The summed E-state index contributed by atoms with van der Waals surface area (Å²) in [6.45, 7) is 3.44. The lowest BCUT2D eigenvalue weighted by Crippen LogP contribution is -2.47. The number of aromatic nitrogens is 2. The minimum absolute atomic E-state index is 0.0275. The molecule has 1 atom stereocenters. The van der Waals surface area contributed by atoms with E-state index < -0.39 is 17.9 Å². The monoisotopic (exact) mass is 361 g/mol. The van der Waals surface area contributed by atoms with E-state index in [-0.39, 0.29) is 31.0 Å². The van der Waals surface area contributed by atoms with E-state index in [4.69, 9.17) is 5.73 Å². The van der Waals surface area contributed by atoms with Gasteiger partial charge in [-0.25, -0.2) is 18.7 Å². The zero-order valence-electron chi connectivity index (χ0n) is 14.7. The Morgan fingerprint density at radius 2 is 2.04 bits per heavy atom. The molecule has 3 rings (SSSR count). The Hall–Kier alpha value is -2.77. The molecule has 0 spiro atoms. The summed E-state index contributed by atoms with van der Waals surface area (Å²) in [4.78, 5) is 22.1. The molecule has 0 aliphatic carbocycles. The highest BCUT2D eigenvalue weighted by atomic mass is 19.3. The number of nitrogens with two attached hydrogens (primary N) is 1. The molecule has 2 aromatic rings. The van der Waals surface area contributed by atoms with Crippen LogP contribution < -0.4 is 11.1 Å². The summed E-state index contributed by atoms with van der Waals surface area (Å²) in [7, 11) is 0. The average molecular weight is 361 g/mol. The predicted molar refractivity (Wildman–Crippen MR) is 95.2 cm³/mol. The summed E-state index contributed by atoms with van der Waals surface area (Å²) in [6.07, 6.45) is 2.81. The maximum absolute atomic E-state index is 14.4. The first kappa shape index (κ1) is 18.0. The summed E-state index contributed by atoms with van der Waals surface area (Å²) < 4.78 is 28.8. The Morgan fingerprint density at radius 1 is 1.35 bits per heavy atom. The van der Waals surface area contributed by atoms with E-state index in [9.17, 15) is 13.6 Å². The topological polar surface area (TPSA) is 84.1 Å². The third-order valence-corrected chi connectivity index (χ3v) is 4.60. The van der Waals surface area contributed by atoms with E-state index in [0.717, 1.165) is 11.1 Å². The van der Waals surface area contributed by atoms with E-state index in [2.05, 4.69) is 15.3 Å². The fourth-order valence-corrected chi connectivity index (χ4v) is 3.02. The van der Waals surface area contributed by atoms with E-state index in [1.165, 1.54) is 4.90 Å². The maximum Gasteiger partial charge on any atom is 0.271 e. The van der Waals surface area contributed by atoms with Gasteiger partial charge in [-0.3, -0.25) is 4.79 Å². The van der Waals surface area contributed by atoms with Crippen LogP contribution in [0.1, 0.15) is 27.9 Å². The Bertz CT molecular complexity index is 810. The van der Waals surface area contributed by atoms with Crippen LogP contribution in [0.15, 0.2) is 30.6 Å². The average Bonchev–Trinajstić information content (AvgIpc) is 2.91. The fraction of sp³-hybridized carbons (Fsp3) is 0.389. The van der Waals surface area contributed by atoms with Gasteiger partial charge in [0.1, 0.15) is 6.04 Å². The molecule has 8 heteroatoms. The number of nitrogens with zero attached hydrogens (tertiary/aromatic N) is 3. The lowest BCUT2D eigenvalue weighted by atomic mass is 10.1. The molecule has 3 N–H and O–H groups in total. The van der Waals surface area contributed by atoms with Gasteiger partial charge in [0.2, 0.25) is 5.95 Å². The van der Waals surface area contributed by atoms with Gasteiger partial charge in [-0.15, -0.1) is 0 Å². The first-order valence-corrected chi connectivity index (χ1v) is 8.36. The number of likely N-dealkylation sites (tertiary alicyclic amines) is 1. The summed E-state index contributed by atoms with van der Waals surface area (Å²) in [5.41, 5.74) is 8.15. The number of hydrogen-bond donors (Lipinski definition) is 2. The second kappa shape index (κ2) is 6.86. The number of alkyl halides is 2. The molecule has 138 valence electrons. The van der Waals surface area contributed by atoms with Crippen molar-refractivity contribution in [1.29, 1.82) is 0 Å². The molecule has 1 fully saturated rings. The molecule has 0 radical (unpaired) electrons. The molecular weight excluding hydrogens is 340 g/mol. The van der Waals surface area contributed by atoms with Gasteiger partial charge in [-0.1, -0.05) is 12.1 Å². The highest BCUT2D eigenvalue weighted by molar-refractivity contribution is 6.00. The largest absolute Gasteiger partial charge is 0.398 e. The predicted octanol–water partition coefficient (Wildman–Crippen LogP) is 2.64. The van der Waals surface area contributed by atoms with Crippen LogP contribution in [0.25, 0.3) is 0 Å². The number of rotatable bonds is 4. The van der Waals surface area contributed by atoms with Crippen molar-refractivity contribution in [2.45, 2.75) is 32.2 Å². The van der Waals surface area contributed by atoms with Gasteiger partial charge in [0.25, 0.3) is 11.8 Å². The van der Waals surface area contributed by atoms with Crippen LogP contribution in [0.5, 0.6) is 0 Å². The van der Waals surface area contributed by atoms with Crippen molar-refractivity contribution in [3.05, 3.63) is 47.3 Å². The lowest BCUT2D eigenvalue weighted by molar-refractivity contribution is -0.0248. The molecule has 1 aliphatic heterocycles. The van der Waals surface area contributed by atoms with Crippen LogP contribution >= 0.6 is 0 Å². The van der Waals surface area contributed by atoms with E-state index >= 15 is 0 Å². The molecule has 2 heterocycles. The number of hydrogen-bond acceptors (Lipinski definition) is 5. The number of nitrogen functional groups attached to an aromatic ring is 1. The van der Waals surface area contributed by atoms with Crippen molar-refractivity contribution in [3.63, 3.8) is 0 Å². The lowest BCUT2D eigenvalue weighted by Gasteiger charge is -2.28. The van der Waals surface area contributed by atoms with E-state index in [0.29, 0.717) is 5.69 Å². The zero-order valence-corrected chi connectivity index (χ0v) is 14.7. The smallest absolute Gasteiger partial charge is 0.271 e. The second-order valence-electron chi connectivity index (χ2n) is 6.53. The van der Waals surface area contributed by atoms with Gasteiger partial charge in [0.05, 0.1) is 5.56 Å². The quantitative estimate of drug-likeness (QED) is 0.818. The van der Waals surface area contributed by atoms with Crippen LogP contribution in [-0.4, -0.2) is 45.8 Å². The molecule has 1 aromatic carbocycles. The van der Waals surface area contributed by atoms with Crippen molar-refractivity contribution in [2.75, 3.05) is 24.1 Å². The number of anilines is 2. The standard InChI is InChI=1S/C18H21F2N5O/c1-11-8-22-17(23-9-11)24-10-14-18(19,20)6-7-25(14)16(26)13-5-3-4-12(2)15(13)21/h3-5,8-9,14H,6-7,10,21H2,1-2H3,(H,22,23,24)/t14-/m1/s1. The summed E-state index contributed by atoms with van der Waals surface area (Å²) in [5.74, 6) is -3.23. The van der Waals surface area contributed by atoms with Crippen molar-refractivity contribution in [2.24, 2.45) is 0 Å². The normalized spacial score (nSPS) is 18.8. The van der Waals surface area contributed by atoms with Gasteiger partial charge in [-0.05, 0) is 31.0 Å². The van der Waals surface area contributed by atoms with Crippen LogP contribution in [0.2, 0.25) is 0 Å². The minimum Gasteiger partial charge on any atom is -0.398 e. The van der Waals surface area contributed by atoms with Crippen molar-refractivity contribution < 1.29 is 13.6 Å². The number of nitrogens with one attached hydrogen (secondary N) is 1. The molecule has 1 aliphatic rings. The molecule has 1 amide bonds. The third kappa shape index (κ3) is 3.44. The van der Waals surface area contributed by atoms with Crippen LogP contribution in [0.4, 0.5) is 20.4 Å². The number of carbonyl (C=O) groups excluding carboxylic acids is 1. The van der Waals surface area contributed by atoms with Crippen molar-refractivity contribution in [1.82, 2.24) is 14.9 Å². The van der Waals surface area contributed by atoms with Gasteiger partial charge < -0.3 is 16.0 Å². The van der Waals surface area contributed by atoms with E-state index in [1.54, 1.807) is 37.5 Å². The summed E-state index contributed by atoms with van der Waals surface area (Å²) in [5, 5.41) is 2.80. The molecular formula is C18H21F2N5O. The fourth-order valence-electron chi connectivity index (χ4n) is 3.02. The van der Waals surface area contributed by atoms with Crippen LogP contribution in [0.3, 0.4) is 0 Å². The Balaban J connectivity index is 1.80. The Labute approximate surface area is 150 Å². The van der Waals surface area contributed by atoms with Gasteiger partial charge >= 0.3 is 0 Å². The summed E-state index contributed by atoms with van der Waals surface area (Å²) in [6, 6.07) is 3.74. The minimum atomic E-state index is -2.99. The number of amides is 1. The molecule has 26 heavy (non-hydrogen) atoms. The number of halogens is 2. The van der Waals surface area contributed by atoms with Crippen LogP contribution in [-0.2, 0) is 0 Å². The van der Waals surface area contributed by atoms with Gasteiger partial charge in [0.15, 0.2) is 0 Å². The highest BCUT2D eigenvalue weighted by Gasteiger charge is 2.50. The number of para-hydroxylation sites is 1. The molecule has 0 bridgehead atoms. The molecule has 0 unspecified atom stereocenters. The van der Waals surface area contributed by atoms with Crippen molar-refractivity contribution in [3.8, 4) is 0 Å². The SMILES string of the molecule is Cc1cnc(NC[C@H]2N(C(=O)c3cccc(C)c3N)CCC2(F)F)nc1. The first-order valence-electron chi connectivity index (χ1n) is 8.36. The first-order chi connectivity index (χ1) is 12.3. The molecule has 6 nitrogen and oxygen atoms in total. The number of aryl methyl sites for hydroxylation is 2. The second-order valence-corrected chi connectivity index (χ2v) is 6.53. The maximum atomic E-state index is 14.4. The van der Waals surface area contributed by atoms with Crippen molar-refractivity contribution >= 4 is 17.5 Å². The van der Waals surface area contributed by atoms with Gasteiger partial charge in [-0.2, -0.15) is 0 Å². The Kier molecular flexibility index (Phi) is 4.76. The summed E-state index contributed by atoms with van der Waals surface area (Å²) >= 11 is 0. The van der Waals surface area contributed by atoms with Gasteiger partial charge in [0, 0.05) is 37.6 Å². The number of benzene rings is 1. The highest BCUT2D eigenvalue weighted by Crippen LogP contribution is 2.35. The third-order valence-electron chi connectivity index (χ3n) is 4.60. The Morgan fingerprint density at radius 3 is 2.73 bits per heavy atom.